The van der Waals surface area contributed by atoms with Gasteiger partial charge in [-0.15, -0.1) is 0 Å². The number of fused-ring (bicyclic) bond motifs is 1. The third kappa shape index (κ3) is 4.80. The van der Waals surface area contributed by atoms with Gasteiger partial charge in [0.05, 0.1) is 19.8 Å². The summed E-state index contributed by atoms with van der Waals surface area (Å²) in [6.45, 7) is 0.721. The minimum Gasteiger partial charge on any atom is -0.491 e. The highest BCUT2D eigenvalue weighted by molar-refractivity contribution is 6.04. The van der Waals surface area contributed by atoms with Crippen LogP contribution in [0.5, 0.6) is 5.75 Å². The first-order chi connectivity index (χ1) is 17.1. The largest absolute Gasteiger partial charge is 0.491 e. The number of hydrogen-bond donors (Lipinski definition) is 4. The van der Waals surface area contributed by atoms with E-state index in [4.69, 9.17) is 19.6 Å². The van der Waals surface area contributed by atoms with Crippen molar-refractivity contribution in [1.82, 2.24) is 21.1 Å². The Morgan fingerprint density at radius 2 is 2.09 bits per heavy atom. The fourth-order valence-corrected chi connectivity index (χ4v) is 4.28. The molecule has 1 saturated carbocycles. The summed E-state index contributed by atoms with van der Waals surface area (Å²) >= 11 is 0. The van der Waals surface area contributed by atoms with E-state index in [1.54, 1.807) is 26.5 Å². The third-order valence-electron chi connectivity index (χ3n) is 6.24. The molecule has 1 aromatic carbocycles. The molecule has 9 nitrogen and oxygen atoms in total. The van der Waals surface area contributed by atoms with E-state index >= 15 is 0 Å². The molecule has 4 aliphatic rings. The molecule has 0 bridgehead atoms. The Balaban J connectivity index is 1.39. The highest BCUT2D eigenvalue weighted by Crippen LogP contribution is 2.38. The van der Waals surface area contributed by atoms with Crippen molar-refractivity contribution in [2.75, 3.05) is 27.4 Å². The lowest BCUT2D eigenvalue weighted by Crippen LogP contribution is -2.35. The number of rotatable bonds is 8. The lowest BCUT2D eigenvalue weighted by atomic mass is 9.93. The van der Waals surface area contributed by atoms with Crippen molar-refractivity contribution in [3.05, 3.63) is 77.2 Å². The molecule has 2 unspecified atom stereocenters. The zero-order chi connectivity index (χ0) is 24.4. The van der Waals surface area contributed by atoms with Crippen LogP contribution in [-0.2, 0) is 9.47 Å². The monoisotopic (exact) mass is 480 g/mol. The molecule has 1 fully saturated rings. The van der Waals surface area contributed by atoms with E-state index in [1.165, 1.54) is 12.1 Å². The summed E-state index contributed by atoms with van der Waals surface area (Å²) in [7, 11) is 3.20. The molecule has 0 aromatic heterocycles. The summed E-state index contributed by atoms with van der Waals surface area (Å²) in [4.78, 5) is 6.43. The van der Waals surface area contributed by atoms with Gasteiger partial charge in [0.25, 0.3) is 0 Å². The lowest BCUT2D eigenvalue weighted by Gasteiger charge is -2.28. The van der Waals surface area contributed by atoms with Crippen LogP contribution in [0, 0.1) is 17.1 Å². The van der Waals surface area contributed by atoms with Crippen LogP contribution in [0.3, 0.4) is 0 Å². The van der Waals surface area contributed by atoms with Crippen molar-refractivity contribution >= 4 is 11.7 Å². The summed E-state index contributed by atoms with van der Waals surface area (Å²) in [6.07, 6.45) is 11.7. The number of aliphatic imine (C=N–C) groups is 1. The molecule has 0 spiro atoms. The molecule has 0 radical (unpaired) electrons. The van der Waals surface area contributed by atoms with Gasteiger partial charge in [0.2, 0.25) is 0 Å². The summed E-state index contributed by atoms with van der Waals surface area (Å²) in [5.41, 5.74) is 9.68. The van der Waals surface area contributed by atoms with Crippen LogP contribution >= 0.6 is 0 Å². The van der Waals surface area contributed by atoms with Gasteiger partial charge in [-0.3, -0.25) is 5.41 Å². The van der Waals surface area contributed by atoms with Crippen molar-refractivity contribution in [2.24, 2.45) is 10.9 Å². The molecule has 35 heavy (non-hydrogen) atoms. The second-order valence-electron chi connectivity index (χ2n) is 8.61. The molecule has 2 atom stereocenters. The molecule has 1 aromatic rings. The number of benzene rings is 1. The van der Waals surface area contributed by atoms with E-state index in [0.717, 1.165) is 29.6 Å². The van der Waals surface area contributed by atoms with Crippen molar-refractivity contribution < 1.29 is 18.6 Å². The average Bonchev–Trinajstić information content (AvgIpc) is 3.43. The van der Waals surface area contributed by atoms with E-state index in [2.05, 4.69) is 21.2 Å². The summed E-state index contributed by atoms with van der Waals surface area (Å²) in [5.74, 6) is 1.17. The van der Waals surface area contributed by atoms with Gasteiger partial charge in [-0.05, 0) is 30.6 Å². The van der Waals surface area contributed by atoms with Gasteiger partial charge >= 0.3 is 0 Å². The van der Waals surface area contributed by atoms with Crippen LogP contribution in [0.25, 0.3) is 0 Å². The molecular weight excluding hydrogens is 451 g/mol. The zero-order valence-corrected chi connectivity index (χ0v) is 19.7. The van der Waals surface area contributed by atoms with Crippen molar-refractivity contribution in [3.63, 3.8) is 0 Å². The Kier molecular flexibility index (Phi) is 6.56. The summed E-state index contributed by atoms with van der Waals surface area (Å²) < 4.78 is 30.3. The number of hydrazine groups is 1. The minimum atomic E-state index is -0.365. The molecule has 4 N–H and O–H groups in total. The normalized spacial score (nSPS) is 23.1. The van der Waals surface area contributed by atoms with Gasteiger partial charge in [-0.2, -0.15) is 4.99 Å². The van der Waals surface area contributed by atoms with Gasteiger partial charge < -0.3 is 29.9 Å². The fourth-order valence-electron chi connectivity index (χ4n) is 4.28. The molecule has 0 saturated heterocycles. The number of halogens is 1. The van der Waals surface area contributed by atoms with Gasteiger partial charge in [0, 0.05) is 48.8 Å². The first-order valence-electron chi connectivity index (χ1n) is 11.6. The van der Waals surface area contributed by atoms with E-state index in [-0.39, 0.29) is 23.9 Å². The topological polar surface area (TPSA) is 103 Å². The Hall–Kier alpha value is -3.63. The number of nitrogens with zero attached hydrogens (tertiary/aromatic N) is 2. The molecule has 1 aliphatic carbocycles. The number of methoxy groups -OCH3 is 2. The molecule has 3 heterocycles. The van der Waals surface area contributed by atoms with Crippen molar-refractivity contribution in [3.8, 4) is 5.75 Å². The van der Waals surface area contributed by atoms with Gasteiger partial charge in [0.15, 0.2) is 11.7 Å². The van der Waals surface area contributed by atoms with Crippen LogP contribution in [0.4, 0.5) is 4.39 Å². The quantitative estimate of drug-likeness (QED) is 0.258. The highest BCUT2D eigenvalue weighted by atomic mass is 19.1. The fraction of sp³-hybridized carbons (Fsp3) is 0.360. The van der Waals surface area contributed by atoms with Crippen molar-refractivity contribution in [2.45, 2.75) is 25.0 Å². The summed E-state index contributed by atoms with van der Waals surface area (Å²) in [5, 5.41) is 11.9. The lowest BCUT2D eigenvalue weighted by molar-refractivity contribution is 0.145. The number of amidine groups is 1. The zero-order valence-electron chi connectivity index (χ0n) is 19.7. The number of ether oxygens (including phenoxy) is 3. The Bertz CT molecular complexity index is 1150. The Labute approximate surface area is 203 Å². The standard InChI is InChI=1S/C25H29FN6O3/c1-33-9-10-35-21-11-17(26)6-7-18(21)23-19(12-29-31-23)16-5-8-22-28-13-20(32(22)14-16)24(27)30-25(34-2)15-3-4-15/h5-8,11-15,22-23,27-29,31H,3-4,9-10H2,1-2H3/b27-24?,30-25-. The minimum absolute atomic E-state index is 0.101. The molecule has 0 amide bonds. The SMILES string of the molecule is COCCOc1cc(F)ccc1C1NNC=C1C1=CN2C(C(=N)/N=C(\OC)C3CC3)=CNC2C=C1. The van der Waals surface area contributed by atoms with Crippen LogP contribution < -0.4 is 20.9 Å². The highest BCUT2D eigenvalue weighted by Gasteiger charge is 2.33. The molecule has 184 valence electrons. The Morgan fingerprint density at radius 1 is 1.23 bits per heavy atom. The smallest absolute Gasteiger partial charge is 0.192 e. The summed E-state index contributed by atoms with van der Waals surface area (Å²) in [6, 6.07) is 4.27. The number of hydrogen-bond acceptors (Lipinski definition) is 8. The van der Waals surface area contributed by atoms with Gasteiger partial charge in [-0.1, -0.05) is 12.1 Å². The molecule has 3 aliphatic heterocycles. The van der Waals surface area contributed by atoms with Gasteiger partial charge in [0.1, 0.15) is 30.0 Å². The molecular formula is C25H29FN6O3. The molecule has 5 rings (SSSR count). The van der Waals surface area contributed by atoms with Gasteiger partial charge in [-0.25, -0.2) is 9.82 Å². The number of nitrogens with one attached hydrogen (secondary N) is 4. The maximum Gasteiger partial charge on any atom is 0.192 e. The van der Waals surface area contributed by atoms with Crippen LogP contribution in [0.2, 0.25) is 0 Å². The predicted octanol–water partition coefficient (Wildman–Crippen LogP) is 2.84. The van der Waals surface area contributed by atoms with E-state index < -0.39 is 0 Å². The van der Waals surface area contributed by atoms with Crippen molar-refractivity contribution in [1.29, 1.82) is 5.41 Å². The second kappa shape index (κ2) is 9.93. The first-order valence-corrected chi connectivity index (χ1v) is 11.6. The second-order valence-corrected chi connectivity index (χ2v) is 8.61. The maximum absolute atomic E-state index is 14.0. The average molecular weight is 481 g/mol. The van der Waals surface area contributed by atoms with Crippen LogP contribution in [-0.4, -0.2) is 50.2 Å². The maximum atomic E-state index is 14.0. The number of allylic oxidation sites excluding steroid dienone is 1. The van der Waals surface area contributed by atoms with Crippen LogP contribution in [0.15, 0.2) is 70.8 Å². The predicted molar refractivity (Wildman–Crippen MR) is 130 cm³/mol. The first kappa shape index (κ1) is 23.1. The van der Waals surface area contributed by atoms with Crippen LogP contribution in [0.1, 0.15) is 24.4 Å². The Morgan fingerprint density at radius 3 is 2.86 bits per heavy atom. The third-order valence-corrected chi connectivity index (χ3v) is 6.24. The van der Waals surface area contributed by atoms with E-state index in [1.807, 2.05) is 29.5 Å². The molecule has 10 heteroatoms. The van der Waals surface area contributed by atoms with E-state index in [0.29, 0.717) is 36.5 Å². The van der Waals surface area contributed by atoms with E-state index in [9.17, 15) is 4.39 Å².